The Balaban J connectivity index is 3.67. The molecule has 0 radical (unpaired) electrons. The van der Waals surface area contributed by atoms with Crippen molar-refractivity contribution < 1.29 is 0 Å². The van der Waals surface area contributed by atoms with Gasteiger partial charge in [-0.15, -0.1) is 0 Å². The summed E-state index contributed by atoms with van der Waals surface area (Å²) >= 11 is 0. The standard InChI is InChI=1S/C27H52N2/c1-24(2)16-14-17-25(3)18-15-19-26(4)21-22-27(29)20-12-10-8-6-5-7-9-11-13-23-28/h16,18,21,27H,5-15,17,19-20,22-23,28-29H2,1-4H3. The molecule has 1 unspecified atom stereocenters. The molecule has 1 atom stereocenters. The van der Waals surface area contributed by atoms with Crippen LogP contribution in [0.4, 0.5) is 0 Å². The zero-order valence-corrected chi connectivity index (χ0v) is 20.3. The summed E-state index contributed by atoms with van der Waals surface area (Å²) in [6.07, 6.45) is 26.0. The van der Waals surface area contributed by atoms with E-state index in [-0.39, 0.29) is 0 Å². The first kappa shape index (κ1) is 28.1. The molecule has 0 aromatic heterocycles. The van der Waals surface area contributed by atoms with Crippen LogP contribution in [0.2, 0.25) is 0 Å². The summed E-state index contributed by atoms with van der Waals surface area (Å²) in [5.41, 5.74) is 16.3. The normalized spacial score (nSPS) is 13.6. The molecule has 2 heteroatoms. The van der Waals surface area contributed by atoms with Crippen molar-refractivity contribution in [2.24, 2.45) is 11.5 Å². The van der Waals surface area contributed by atoms with E-state index in [2.05, 4.69) is 45.9 Å². The Labute approximate surface area is 183 Å². The fourth-order valence-electron chi connectivity index (χ4n) is 3.60. The number of rotatable bonds is 19. The first-order valence-electron chi connectivity index (χ1n) is 12.4. The topological polar surface area (TPSA) is 52.0 Å². The van der Waals surface area contributed by atoms with Crippen LogP contribution in [0.25, 0.3) is 0 Å². The van der Waals surface area contributed by atoms with E-state index in [0.717, 1.165) is 25.8 Å². The van der Waals surface area contributed by atoms with Gasteiger partial charge in [0.25, 0.3) is 0 Å². The van der Waals surface area contributed by atoms with Crippen LogP contribution in [0.1, 0.15) is 124 Å². The Morgan fingerprint density at radius 3 is 1.69 bits per heavy atom. The lowest BCUT2D eigenvalue weighted by Crippen LogP contribution is -2.18. The maximum atomic E-state index is 6.31. The monoisotopic (exact) mass is 404 g/mol. The molecule has 0 bridgehead atoms. The van der Waals surface area contributed by atoms with Gasteiger partial charge in [-0.3, -0.25) is 0 Å². The van der Waals surface area contributed by atoms with Crippen LogP contribution < -0.4 is 11.5 Å². The molecule has 0 aromatic carbocycles. The SMILES string of the molecule is CC(C)=CCCC(C)=CCCC(C)=CCC(N)CCCCCCCCCCCN. The molecule has 0 saturated carbocycles. The van der Waals surface area contributed by atoms with Crippen LogP contribution in [0.3, 0.4) is 0 Å². The molecule has 0 aliphatic carbocycles. The van der Waals surface area contributed by atoms with E-state index >= 15 is 0 Å². The van der Waals surface area contributed by atoms with E-state index < -0.39 is 0 Å². The van der Waals surface area contributed by atoms with Crippen LogP contribution in [-0.2, 0) is 0 Å². The Morgan fingerprint density at radius 1 is 0.655 bits per heavy atom. The van der Waals surface area contributed by atoms with Crippen molar-refractivity contribution in [3.05, 3.63) is 34.9 Å². The highest BCUT2D eigenvalue weighted by molar-refractivity contribution is 5.05. The summed E-state index contributed by atoms with van der Waals surface area (Å²) < 4.78 is 0. The van der Waals surface area contributed by atoms with E-state index in [1.165, 1.54) is 93.8 Å². The lowest BCUT2D eigenvalue weighted by atomic mass is 10.0. The van der Waals surface area contributed by atoms with Crippen molar-refractivity contribution in [3.8, 4) is 0 Å². The number of hydrogen-bond donors (Lipinski definition) is 2. The number of hydrogen-bond acceptors (Lipinski definition) is 2. The molecule has 0 heterocycles. The van der Waals surface area contributed by atoms with Crippen molar-refractivity contribution in [1.82, 2.24) is 0 Å². The van der Waals surface area contributed by atoms with Crippen molar-refractivity contribution >= 4 is 0 Å². The minimum Gasteiger partial charge on any atom is -0.330 e. The van der Waals surface area contributed by atoms with Gasteiger partial charge in [0.2, 0.25) is 0 Å². The molecule has 0 spiro atoms. The van der Waals surface area contributed by atoms with Crippen molar-refractivity contribution in [3.63, 3.8) is 0 Å². The molecule has 0 amide bonds. The fraction of sp³-hybridized carbons (Fsp3) is 0.778. The number of allylic oxidation sites excluding steroid dienone is 5. The lowest BCUT2D eigenvalue weighted by molar-refractivity contribution is 0.523. The van der Waals surface area contributed by atoms with E-state index in [1.54, 1.807) is 0 Å². The van der Waals surface area contributed by atoms with Gasteiger partial charge in [0, 0.05) is 6.04 Å². The zero-order chi connectivity index (χ0) is 21.7. The van der Waals surface area contributed by atoms with Gasteiger partial charge in [-0.2, -0.15) is 0 Å². The average Bonchev–Trinajstić information content (AvgIpc) is 2.67. The summed E-state index contributed by atoms with van der Waals surface area (Å²) in [5.74, 6) is 0. The first-order valence-corrected chi connectivity index (χ1v) is 12.4. The third-order valence-electron chi connectivity index (χ3n) is 5.67. The third kappa shape index (κ3) is 21.7. The summed E-state index contributed by atoms with van der Waals surface area (Å²) in [5, 5.41) is 0. The Kier molecular flexibility index (Phi) is 19.8. The van der Waals surface area contributed by atoms with Crippen molar-refractivity contribution in [2.75, 3.05) is 6.54 Å². The quantitative estimate of drug-likeness (QED) is 0.169. The fourth-order valence-corrected chi connectivity index (χ4v) is 3.60. The van der Waals surface area contributed by atoms with Gasteiger partial charge in [0.15, 0.2) is 0 Å². The second kappa shape index (κ2) is 20.4. The molecule has 0 aliphatic heterocycles. The Morgan fingerprint density at radius 2 is 1.14 bits per heavy atom. The molecule has 29 heavy (non-hydrogen) atoms. The number of nitrogens with two attached hydrogens (primary N) is 2. The molecule has 170 valence electrons. The lowest BCUT2D eigenvalue weighted by Gasteiger charge is -2.10. The van der Waals surface area contributed by atoms with Crippen LogP contribution in [0.5, 0.6) is 0 Å². The molecule has 0 fully saturated rings. The minimum atomic E-state index is 0.336. The molecule has 0 saturated heterocycles. The molecular weight excluding hydrogens is 352 g/mol. The maximum Gasteiger partial charge on any atom is 0.00735 e. The minimum absolute atomic E-state index is 0.336. The highest BCUT2D eigenvalue weighted by atomic mass is 14.6. The summed E-state index contributed by atoms with van der Waals surface area (Å²) in [6.45, 7) is 9.71. The van der Waals surface area contributed by atoms with Gasteiger partial charge < -0.3 is 11.5 Å². The van der Waals surface area contributed by atoms with Gasteiger partial charge in [0.1, 0.15) is 0 Å². The zero-order valence-electron chi connectivity index (χ0n) is 20.3. The number of unbranched alkanes of at least 4 members (excludes halogenated alkanes) is 8. The van der Waals surface area contributed by atoms with Crippen LogP contribution >= 0.6 is 0 Å². The molecule has 4 N–H and O–H groups in total. The van der Waals surface area contributed by atoms with Gasteiger partial charge >= 0.3 is 0 Å². The molecule has 0 aliphatic rings. The van der Waals surface area contributed by atoms with Gasteiger partial charge in [-0.05, 0) is 79.2 Å². The second-order valence-electron chi connectivity index (χ2n) is 9.21. The third-order valence-corrected chi connectivity index (χ3v) is 5.67. The average molecular weight is 405 g/mol. The predicted octanol–water partition coefficient (Wildman–Crippen LogP) is 7.98. The van der Waals surface area contributed by atoms with E-state index in [9.17, 15) is 0 Å². The Bertz CT molecular complexity index is 455. The summed E-state index contributed by atoms with van der Waals surface area (Å²) in [6, 6.07) is 0.336. The van der Waals surface area contributed by atoms with E-state index in [4.69, 9.17) is 11.5 Å². The predicted molar refractivity (Wildman–Crippen MR) is 133 cm³/mol. The second-order valence-corrected chi connectivity index (χ2v) is 9.21. The maximum absolute atomic E-state index is 6.31. The largest absolute Gasteiger partial charge is 0.330 e. The first-order chi connectivity index (χ1) is 14.0. The van der Waals surface area contributed by atoms with Crippen LogP contribution in [0.15, 0.2) is 34.9 Å². The Hall–Kier alpha value is -0.860. The molecular formula is C27H52N2. The van der Waals surface area contributed by atoms with Gasteiger partial charge in [0.05, 0.1) is 0 Å². The highest BCUT2D eigenvalue weighted by Crippen LogP contribution is 2.14. The molecule has 2 nitrogen and oxygen atoms in total. The molecule has 0 aromatic rings. The van der Waals surface area contributed by atoms with Crippen molar-refractivity contribution in [1.29, 1.82) is 0 Å². The van der Waals surface area contributed by atoms with Crippen LogP contribution in [-0.4, -0.2) is 12.6 Å². The van der Waals surface area contributed by atoms with Gasteiger partial charge in [-0.1, -0.05) is 86.3 Å². The molecule has 0 rings (SSSR count). The van der Waals surface area contributed by atoms with Gasteiger partial charge in [-0.25, -0.2) is 0 Å². The smallest absolute Gasteiger partial charge is 0.00735 e. The van der Waals surface area contributed by atoms with Crippen LogP contribution in [0, 0.1) is 0 Å². The summed E-state index contributed by atoms with van der Waals surface area (Å²) in [7, 11) is 0. The van der Waals surface area contributed by atoms with E-state index in [0.29, 0.717) is 6.04 Å². The van der Waals surface area contributed by atoms with E-state index in [1.807, 2.05) is 0 Å². The summed E-state index contributed by atoms with van der Waals surface area (Å²) in [4.78, 5) is 0. The highest BCUT2D eigenvalue weighted by Gasteiger charge is 2.01. The van der Waals surface area contributed by atoms with Crippen molar-refractivity contribution in [2.45, 2.75) is 130 Å².